The Balaban J connectivity index is 1.84. The van der Waals surface area contributed by atoms with Gasteiger partial charge in [-0.1, -0.05) is 23.7 Å². The maximum Gasteiger partial charge on any atom is 0.416 e. The molecular formula is C22H20ClF3N2O5. The van der Waals surface area contributed by atoms with Crippen molar-refractivity contribution in [2.45, 2.75) is 19.1 Å². The summed E-state index contributed by atoms with van der Waals surface area (Å²) in [6, 6.07) is 8.24. The van der Waals surface area contributed by atoms with Crippen LogP contribution in [-0.2, 0) is 25.3 Å². The highest BCUT2D eigenvalue weighted by molar-refractivity contribution is 6.33. The molecule has 2 aromatic carbocycles. The van der Waals surface area contributed by atoms with E-state index in [1.807, 2.05) is 0 Å². The van der Waals surface area contributed by atoms with Crippen LogP contribution in [0.1, 0.15) is 18.1 Å². The molecule has 2 aromatic rings. The lowest BCUT2D eigenvalue weighted by Gasteiger charge is -2.13. The Kier molecular flexibility index (Phi) is 8.86. The Labute approximate surface area is 192 Å². The van der Waals surface area contributed by atoms with Crippen LogP contribution in [0.15, 0.2) is 48.5 Å². The highest BCUT2D eigenvalue weighted by Gasteiger charge is 2.31. The SMILES string of the molecule is COc1ccc(/C=C/C(=O)NC(C)C(=O)OCC(=O)Nc2cc(C(F)(F)F)ccc2Cl)cc1. The van der Waals surface area contributed by atoms with Crippen molar-refractivity contribution >= 4 is 41.1 Å². The van der Waals surface area contributed by atoms with Gasteiger partial charge in [-0.2, -0.15) is 13.2 Å². The number of hydrogen-bond acceptors (Lipinski definition) is 5. The normalized spacial score (nSPS) is 12.2. The largest absolute Gasteiger partial charge is 0.497 e. The van der Waals surface area contributed by atoms with Gasteiger partial charge in [0.05, 0.1) is 23.4 Å². The second-order valence-electron chi connectivity index (χ2n) is 6.69. The summed E-state index contributed by atoms with van der Waals surface area (Å²) in [5.74, 6) is -1.73. The molecule has 0 spiro atoms. The molecule has 0 saturated heterocycles. The van der Waals surface area contributed by atoms with Crippen molar-refractivity contribution in [2.75, 3.05) is 19.0 Å². The summed E-state index contributed by atoms with van der Waals surface area (Å²) >= 11 is 5.80. The van der Waals surface area contributed by atoms with Crippen LogP contribution in [0.5, 0.6) is 5.75 Å². The number of carbonyl (C=O) groups excluding carboxylic acids is 3. The lowest BCUT2D eigenvalue weighted by Crippen LogP contribution is -2.39. The molecule has 2 amide bonds. The monoisotopic (exact) mass is 484 g/mol. The summed E-state index contributed by atoms with van der Waals surface area (Å²) < 4.78 is 48.2. The number of benzene rings is 2. The smallest absolute Gasteiger partial charge is 0.416 e. The van der Waals surface area contributed by atoms with Crippen molar-refractivity contribution in [3.05, 3.63) is 64.7 Å². The average molecular weight is 485 g/mol. The zero-order valence-corrected chi connectivity index (χ0v) is 18.3. The van der Waals surface area contributed by atoms with E-state index in [1.165, 1.54) is 26.2 Å². The van der Waals surface area contributed by atoms with Crippen molar-refractivity contribution < 1.29 is 37.0 Å². The molecule has 0 heterocycles. The van der Waals surface area contributed by atoms with Crippen molar-refractivity contribution in [1.82, 2.24) is 5.32 Å². The Bertz CT molecular complexity index is 1040. The molecule has 0 aliphatic heterocycles. The van der Waals surface area contributed by atoms with E-state index in [1.54, 1.807) is 24.3 Å². The van der Waals surface area contributed by atoms with Crippen LogP contribution >= 0.6 is 11.6 Å². The van der Waals surface area contributed by atoms with Crippen LogP contribution < -0.4 is 15.4 Å². The summed E-state index contributed by atoms with van der Waals surface area (Å²) in [7, 11) is 1.53. The van der Waals surface area contributed by atoms with Crippen LogP contribution in [0.4, 0.5) is 18.9 Å². The number of nitrogens with one attached hydrogen (secondary N) is 2. The number of rotatable bonds is 8. The fourth-order valence-corrected chi connectivity index (χ4v) is 2.62. The molecule has 0 aliphatic carbocycles. The van der Waals surface area contributed by atoms with Gasteiger partial charge in [0.1, 0.15) is 11.8 Å². The minimum absolute atomic E-state index is 0.119. The molecule has 0 bridgehead atoms. The molecule has 0 fully saturated rings. The molecule has 176 valence electrons. The minimum atomic E-state index is -4.62. The first-order valence-electron chi connectivity index (χ1n) is 9.45. The van der Waals surface area contributed by atoms with Gasteiger partial charge < -0.3 is 20.1 Å². The quantitative estimate of drug-likeness (QED) is 0.435. The molecule has 33 heavy (non-hydrogen) atoms. The Morgan fingerprint density at radius 2 is 1.79 bits per heavy atom. The number of anilines is 1. The third-order valence-corrected chi connectivity index (χ3v) is 4.50. The summed E-state index contributed by atoms with van der Waals surface area (Å²) in [5.41, 5.74) is -0.554. The van der Waals surface area contributed by atoms with E-state index in [0.717, 1.165) is 17.7 Å². The summed E-state index contributed by atoms with van der Waals surface area (Å²) in [5, 5.41) is 4.41. The van der Waals surface area contributed by atoms with Crippen molar-refractivity contribution in [3.8, 4) is 5.75 Å². The van der Waals surface area contributed by atoms with Crippen molar-refractivity contribution in [2.24, 2.45) is 0 Å². The second-order valence-corrected chi connectivity index (χ2v) is 7.09. The van der Waals surface area contributed by atoms with E-state index in [-0.39, 0.29) is 10.7 Å². The summed E-state index contributed by atoms with van der Waals surface area (Å²) in [6.45, 7) is 0.566. The molecule has 2 rings (SSSR count). The molecule has 1 atom stereocenters. The van der Waals surface area contributed by atoms with Gasteiger partial charge in [-0.3, -0.25) is 9.59 Å². The Morgan fingerprint density at radius 1 is 1.12 bits per heavy atom. The predicted octanol–water partition coefficient (Wildman–Crippen LogP) is 4.07. The van der Waals surface area contributed by atoms with Gasteiger partial charge in [0.15, 0.2) is 6.61 Å². The van der Waals surface area contributed by atoms with E-state index >= 15 is 0 Å². The fraction of sp³-hybridized carbons (Fsp3) is 0.227. The second kappa shape index (κ2) is 11.4. The topological polar surface area (TPSA) is 93.7 Å². The summed E-state index contributed by atoms with van der Waals surface area (Å²) in [4.78, 5) is 35.9. The third-order valence-electron chi connectivity index (χ3n) is 4.17. The van der Waals surface area contributed by atoms with E-state index < -0.39 is 42.2 Å². The molecule has 1 unspecified atom stereocenters. The van der Waals surface area contributed by atoms with Gasteiger partial charge in [-0.15, -0.1) is 0 Å². The third kappa shape index (κ3) is 8.15. The van der Waals surface area contributed by atoms with Crippen LogP contribution in [0.2, 0.25) is 5.02 Å². The minimum Gasteiger partial charge on any atom is -0.497 e. The van der Waals surface area contributed by atoms with Crippen molar-refractivity contribution in [1.29, 1.82) is 0 Å². The number of ether oxygens (including phenoxy) is 2. The Morgan fingerprint density at radius 3 is 2.39 bits per heavy atom. The van der Waals surface area contributed by atoms with Crippen LogP contribution in [0, 0.1) is 0 Å². The molecule has 11 heteroatoms. The van der Waals surface area contributed by atoms with Gasteiger partial charge in [-0.25, -0.2) is 4.79 Å². The predicted molar refractivity (Wildman–Crippen MR) is 116 cm³/mol. The lowest BCUT2D eigenvalue weighted by molar-refractivity contribution is -0.149. The summed E-state index contributed by atoms with van der Waals surface area (Å²) in [6.07, 6.45) is -1.88. The highest BCUT2D eigenvalue weighted by Crippen LogP contribution is 2.33. The van der Waals surface area contributed by atoms with Gasteiger partial charge in [0.25, 0.3) is 5.91 Å². The Hall–Kier alpha value is -3.53. The van der Waals surface area contributed by atoms with Crippen LogP contribution in [0.25, 0.3) is 6.08 Å². The first kappa shape index (κ1) is 25.7. The van der Waals surface area contributed by atoms with Crippen LogP contribution in [0.3, 0.4) is 0 Å². The lowest BCUT2D eigenvalue weighted by atomic mass is 10.2. The first-order valence-corrected chi connectivity index (χ1v) is 9.83. The van der Waals surface area contributed by atoms with Crippen molar-refractivity contribution in [3.63, 3.8) is 0 Å². The maximum atomic E-state index is 12.8. The average Bonchev–Trinajstić information content (AvgIpc) is 2.77. The number of esters is 1. The fourth-order valence-electron chi connectivity index (χ4n) is 2.45. The van der Waals surface area contributed by atoms with E-state index in [0.29, 0.717) is 11.8 Å². The molecule has 0 radical (unpaired) electrons. The van der Waals surface area contributed by atoms with Gasteiger partial charge in [-0.05, 0) is 48.9 Å². The first-order chi connectivity index (χ1) is 15.5. The van der Waals surface area contributed by atoms with Gasteiger partial charge in [0, 0.05) is 6.08 Å². The number of amides is 2. The number of alkyl halides is 3. The van der Waals surface area contributed by atoms with Gasteiger partial charge >= 0.3 is 12.1 Å². The van der Waals surface area contributed by atoms with E-state index in [2.05, 4.69) is 10.6 Å². The molecular weight excluding hydrogens is 465 g/mol. The number of halogens is 4. The molecule has 7 nitrogen and oxygen atoms in total. The molecule has 2 N–H and O–H groups in total. The maximum absolute atomic E-state index is 12.8. The zero-order valence-electron chi connectivity index (χ0n) is 17.5. The van der Waals surface area contributed by atoms with E-state index in [4.69, 9.17) is 21.1 Å². The van der Waals surface area contributed by atoms with E-state index in [9.17, 15) is 27.6 Å². The number of hydrogen-bond donors (Lipinski definition) is 2. The molecule has 0 aromatic heterocycles. The van der Waals surface area contributed by atoms with Crippen LogP contribution in [-0.4, -0.2) is 37.5 Å². The van der Waals surface area contributed by atoms with Gasteiger partial charge in [0.2, 0.25) is 5.91 Å². The standard InChI is InChI=1S/C22H20ClF3N2O5/c1-13(27-19(29)10-5-14-3-7-16(32-2)8-4-14)21(31)33-12-20(30)28-18-11-15(22(24,25)26)6-9-17(18)23/h3-11,13H,12H2,1-2H3,(H,27,29)(H,28,30)/b10-5+. The highest BCUT2D eigenvalue weighted by atomic mass is 35.5. The zero-order chi connectivity index (χ0) is 24.6. The number of methoxy groups -OCH3 is 1. The molecule has 0 saturated carbocycles. The number of carbonyl (C=O) groups is 3. The molecule has 0 aliphatic rings.